The highest BCUT2D eigenvalue weighted by Crippen LogP contribution is 2.72. The maximum Gasteiger partial charge on any atom is 0.166 e. The molecule has 2 N–H and O–H groups in total. The number of methoxy groups -OCH3 is 1. The molecule has 4 atom stereocenters. The van der Waals surface area contributed by atoms with Crippen molar-refractivity contribution in [2.24, 2.45) is 12.5 Å². The molecular weight excluding hydrogens is 386 g/mol. The molecule has 31 heavy (non-hydrogen) atoms. The van der Waals surface area contributed by atoms with E-state index in [1.807, 2.05) is 6.07 Å². The van der Waals surface area contributed by atoms with Crippen LogP contribution in [0.2, 0.25) is 0 Å². The van der Waals surface area contributed by atoms with Gasteiger partial charge in [-0.1, -0.05) is 13.0 Å². The zero-order valence-electron chi connectivity index (χ0n) is 18.7. The fourth-order valence-corrected chi connectivity index (χ4v) is 7.91. The number of aromatic nitrogens is 1. The van der Waals surface area contributed by atoms with Gasteiger partial charge in [0, 0.05) is 40.7 Å². The third-order valence-electron chi connectivity index (χ3n) is 9.29. The second-order valence-corrected chi connectivity index (χ2v) is 10.3. The van der Waals surface area contributed by atoms with E-state index in [0.717, 1.165) is 43.0 Å². The van der Waals surface area contributed by atoms with Gasteiger partial charge < -0.3 is 24.7 Å². The van der Waals surface area contributed by atoms with Gasteiger partial charge in [0.25, 0.3) is 0 Å². The van der Waals surface area contributed by atoms with Crippen LogP contribution in [-0.2, 0) is 25.3 Å². The number of anilines is 1. The first-order valence-corrected chi connectivity index (χ1v) is 11.3. The third kappa shape index (κ3) is 1.78. The Morgan fingerprint density at radius 2 is 2.03 bits per heavy atom. The summed E-state index contributed by atoms with van der Waals surface area (Å²) < 4.78 is 15.1. The number of nitrogen functional groups attached to an aromatic ring is 1. The minimum atomic E-state index is -0.0255. The van der Waals surface area contributed by atoms with E-state index < -0.39 is 0 Å². The van der Waals surface area contributed by atoms with Crippen molar-refractivity contribution in [3.63, 3.8) is 0 Å². The van der Waals surface area contributed by atoms with E-state index in [4.69, 9.17) is 15.2 Å². The van der Waals surface area contributed by atoms with Crippen LogP contribution in [-0.4, -0.2) is 36.2 Å². The van der Waals surface area contributed by atoms with E-state index in [9.17, 15) is 0 Å². The number of piperidine rings is 1. The Labute approximate surface area is 182 Å². The standard InChI is InChI=1S/C26H29N3O2/c1-25-13-17-16-12-15(27)6-7-18(16)29(3)22(17)24-26(25)9-10-28(2)20(25)11-14-5-8-19(30-4)23(31-24)21(14)26/h5-8,12,20,24H,9-11,13,27H2,1-4H3. The van der Waals surface area contributed by atoms with Crippen LogP contribution in [0.4, 0.5) is 5.69 Å². The lowest BCUT2D eigenvalue weighted by molar-refractivity contribution is -0.0912. The number of aryl methyl sites for hydroxylation is 1. The predicted octanol–water partition coefficient (Wildman–Crippen LogP) is 3.96. The highest BCUT2D eigenvalue weighted by molar-refractivity contribution is 5.89. The van der Waals surface area contributed by atoms with Crippen molar-refractivity contribution in [2.75, 3.05) is 26.4 Å². The van der Waals surface area contributed by atoms with Gasteiger partial charge in [0.05, 0.1) is 18.2 Å². The maximum atomic E-state index is 6.97. The average Bonchev–Trinajstić information content (AvgIpc) is 3.22. The molecule has 7 rings (SSSR count). The van der Waals surface area contributed by atoms with E-state index in [-0.39, 0.29) is 16.9 Å². The zero-order valence-corrected chi connectivity index (χ0v) is 18.7. The molecule has 0 radical (unpaired) electrons. The molecule has 1 fully saturated rings. The number of hydrogen-bond acceptors (Lipinski definition) is 4. The predicted molar refractivity (Wildman–Crippen MR) is 122 cm³/mol. The maximum absolute atomic E-state index is 6.97. The van der Waals surface area contributed by atoms with Crippen LogP contribution in [0.15, 0.2) is 30.3 Å². The lowest BCUT2D eigenvalue weighted by Crippen LogP contribution is -2.68. The number of benzene rings is 2. The van der Waals surface area contributed by atoms with Crippen molar-refractivity contribution in [3.8, 4) is 11.5 Å². The zero-order chi connectivity index (χ0) is 21.3. The number of likely N-dealkylation sites (N-methyl/N-ethyl adjacent to an activating group) is 1. The van der Waals surface area contributed by atoms with Crippen molar-refractivity contribution < 1.29 is 9.47 Å². The van der Waals surface area contributed by atoms with Gasteiger partial charge in [0.1, 0.15) is 6.10 Å². The summed E-state index contributed by atoms with van der Waals surface area (Å²) >= 11 is 0. The fourth-order valence-electron chi connectivity index (χ4n) is 7.91. The number of ether oxygens (including phenoxy) is 2. The molecule has 1 saturated heterocycles. The van der Waals surface area contributed by atoms with Gasteiger partial charge in [-0.25, -0.2) is 0 Å². The largest absolute Gasteiger partial charge is 0.493 e. The molecule has 5 heteroatoms. The molecule has 160 valence electrons. The highest BCUT2D eigenvalue weighted by atomic mass is 16.5. The number of fused-ring (bicyclic) bond motifs is 4. The normalized spacial score (nSPS) is 32.5. The SMILES string of the molecule is COc1ccc2c3c1OC1c4c(c5cc(N)ccc5n4C)CC4(C)C(C2)N(C)CCC314. The summed E-state index contributed by atoms with van der Waals surface area (Å²) in [7, 11) is 6.25. The second kappa shape index (κ2) is 5.39. The molecule has 2 bridgehead atoms. The molecule has 0 amide bonds. The van der Waals surface area contributed by atoms with Crippen LogP contribution >= 0.6 is 0 Å². The molecular formula is C26H29N3O2. The summed E-state index contributed by atoms with van der Waals surface area (Å²) in [5, 5.41) is 1.28. The Morgan fingerprint density at radius 1 is 1.19 bits per heavy atom. The van der Waals surface area contributed by atoms with Crippen molar-refractivity contribution >= 4 is 16.6 Å². The smallest absolute Gasteiger partial charge is 0.166 e. The summed E-state index contributed by atoms with van der Waals surface area (Å²) in [4.78, 5) is 2.60. The number of hydrogen-bond donors (Lipinski definition) is 1. The molecule has 1 spiro atoms. The van der Waals surface area contributed by atoms with Crippen molar-refractivity contribution in [1.82, 2.24) is 9.47 Å². The highest BCUT2D eigenvalue weighted by Gasteiger charge is 2.70. The molecule has 2 aromatic carbocycles. The van der Waals surface area contributed by atoms with Gasteiger partial charge in [-0.15, -0.1) is 0 Å². The Balaban J connectivity index is 1.61. The number of likely N-dealkylation sites (tertiary alicyclic amines) is 1. The summed E-state index contributed by atoms with van der Waals surface area (Å²) in [5.41, 5.74) is 14.0. The molecule has 0 saturated carbocycles. The number of rotatable bonds is 1. The average molecular weight is 416 g/mol. The van der Waals surface area contributed by atoms with Crippen LogP contribution in [0, 0.1) is 5.41 Å². The van der Waals surface area contributed by atoms with Gasteiger partial charge in [-0.3, -0.25) is 0 Å². The van der Waals surface area contributed by atoms with Gasteiger partial charge in [-0.2, -0.15) is 0 Å². The van der Waals surface area contributed by atoms with E-state index in [2.05, 4.69) is 54.8 Å². The second-order valence-electron chi connectivity index (χ2n) is 10.3. The van der Waals surface area contributed by atoms with Gasteiger partial charge in [-0.05, 0) is 68.2 Å². The Hall–Kier alpha value is -2.66. The molecule has 3 heterocycles. The Bertz CT molecular complexity index is 1290. The topological polar surface area (TPSA) is 52.7 Å². The van der Waals surface area contributed by atoms with Crippen LogP contribution in [0.5, 0.6) is 11.5 Å². The first-order chi connectivity index (χ1) is 14.9. The van der Waals surface area contributed by atoms with Crippen molar-refractivity contribution in [3.05, 3.63) is 52.7 Å². The Kier molecular flexibility index (Phi) is 3.12. The molecule has 1 aromatic heterocycles. The minimum Gasteiger partial charge on any atom is -0.493 e. The number of nitrogens with two attached hydrogens (primary N) is 1. The van der Waals surface area contributed by atoms with E-state index in [1.165, 1.54) is 33.3 Å². The first kappa shape index (κ1) is 18.0. The minimum absolute atomic E-state index is 0.00132. The molecule has 2 aliphatic carbocycles. The van der Waals surface area contributed by atoms with Gasteiger partial charge >= 0.3 is 0 Å². The third-order valence-corrected chi connectivity index (χ3v) is 9.29. The first-order valence-electron chi connectivity index (χ1n) is 11.3. The molecule has 5 nitrogen and oxygen atoms in total. The van der Waals surface area contributed by atoms with Gasteiger partial charge in [0.2, 0.25) is 0 Å². The van der Waals surface area contributed by atoms with Crippen LogP contribution in [0.1, 0.15) is 41.8 Å². The van der Waals surface area contributed by atoms with Crippen molar-refractivity contribution in [2.45, 2.75) is 43.7 Å². The molecule has 4 aliphatic rings. The Morgan fingerprint density at radius 3 is 2.84 bits per heavy atom. The number of nitrogens with zero attached hydrogens (tertiary/aromatic N) is 2. The monoisotopic (exact) mass is 415 g/mol. The van der Waals surface area contributed by atoms with E-state index >= 15 is 0 Å². The van der Waals surface area contributed by atoms with Crippen molar-refractivity contribution in [1.29, 1.82) is 0 Å². The molecule has 4 unspecified atom stereocenters. The van der Waals surface area contributed by atoms with E-state index in [1.54, 1.807) is 7.11 Å². The van der Waals surface area contributed by atoms with E-state index in [0.29, 0.717) is 6.04 Å². The molecule has 3 aromatic rings. The quantitative estimate of drug-likeness (QED) is 0.611. The summed E-state index contributed by atoms with van der Waals surface area (Å²) in [6.07, 6.45) is 3.23. The summed E-state index contributed by atoms with van der Waals surface area (Å²) in [6, 6.07) is 11.2. The van der Waals surface area contributed by atoms with Gasteiger partial charge in [0.15, 0.2) is 11.5 Å². The summed E-state index contributed by atoms with van der Waals surface area (Å²) in [6.45, 7) is 3.62. The lowest BCUT2D eigenvalue weighted by atomic mass is 9.44. The summed E-state index contributed by atoms with van der Waals surface area (Å²) in [5.74, 6) is 1.85. The van der Waals surface area contributed by atoms with Crippen LogP contribution in [0.25, 0.3) is 10.9 Å². The lowest BCUT2D eigenvalue weighted by Gasteiger charge is -2.64. The van der Waals surface area contributed by atoms with Crippen LogP contribution in [0.3, 0.4) is 0 Å². The fraction of sp³-hybridized carbons (Fsp3) is 0.462. The molecule has 2 aliphatic heterocycles. The van der Waals surface area contributed by atoms with Crippen LogP contribution < -0.4 is 15.2 Å².